The normalized spacial score (nSPS) is 22.4. The molecule has 1 aromatic rings. The van der Waals surface area contributed by atoms with E-state index in [4.69, 9.17) is 4.74 Å². The van der Waals surface area contributed by atoms with Gasteiger partial charge in [-0.25, -0.2) is 4.98 Å². The Kier molecular flexibility index (Phi) is 4.57. The lowest BCUT2D eigenvalue weighted by molar-refractivity contribution is 0.0778. The first-order valence-corrected chi connectivity index (χ1v) is 6.63. The van der Waals surface area contributed by atoms with Crippen molar-refractivity contribution in [3.05, 3.63) is 23.9 Å². The van der Waals surface area contributed by atoms with Gasteiger partial charge in [0, 0.05) is 43.9 Å². The lowest BCUT2D eigenvalue weighted by atomic mass is 10.0. The number of amides is 1. The van der Waals surface area contributed by atoms with E-state index in [1.54, 1.807) is 17.0 Å². The van der Waals surface area contributed by atoms with Crippen LogP contribution in [0.2, 0.25) is 0 Å². The summed E-state index contributed by atoms with van der Waals surface area (Å²) in [6, 6.07) is 3.58. The highest BCUT2D eigenvalue weighted by Crippen LogP contribution is 2.22. The van der Waals surface area contributed by atoms with Crippen LogP contribution >= 0.6 is 0 Å². The van der Waals surface area contributed by atoms with E-state index in [-0.39, 0.29) is 24.5 Å². The van der Waals surface area contributed by atoms with Gasteiger partial charge in [-0.05, 0) is 20.2 Å². The molecule has 110 valence electrons. The van der Waals surface area contributed by atoms with Crippen LogP contribution in [0.1, 0.15) is 10.4 Å². The molecule has 20 heavy (non-hydrogen) atoms. The molecule has 0 saturated carbocycles. The van der Waals surface area contributed by atoms with Crippen LogP contribution in [0.5, 0.6) is 5.88 Å². The number of hydrogen-bond acceptors (Lipinski definition) is 5. The number of aromatic nitrogens is 1. The van der Waals surface area contributed by atoms with Gasteiger partial charge in [0.2, 0.25) is 5.88 Å². The number of nitrogens with zero attached hydrogens (tertiary/aromatic N) is 3. The van der Waals surface area contributed by atoms with E-state index in [2.05, 4.69) is 9.88 Å². The second-order valence-corrected chi connectivity index (χ2v) is 5.27. The fraction of sp³-hybridized carbons (Fsp3) is 0.571. The summed E-state index contributed by atoms with van der Waals surface area (Å²) in [6.45, 7) is 1.29. The van der Waals surface area contributed by atoms with Crippen molar-refractivity contribution in [2.75, 3.05) is 40.9 Å². The number of rotatable bonds is 4. The van der Waals surface area contributed by atoms with Crippen LogP contribution in [0.4, 0.5) is 0 Å². The molecule has 1 saturated heterocycles. The van der Waals surface area contributed by atoms with E-state index < -0.39 is 0 Å². The van der Waals surface area contributed by atoms with Gasteiger partial charge in [-0.3, -0.25) is 4.79 Å². The highest BCUT2D eigenvalue weighted by atomic mass is 16.5. The third-order valence-corrected chi connectivity index (χ3v) is 3.78. The van der Waals surface area contributed by atoms with E-state index in [0.717, 1.165) is 0 Å². The molecule has 2 heterocycles. The molecule has 1 fully saturated rings. The minimum absolute atomic E-state index is 0.0528. The van der Waals surface area contributed by atoms with Crippen LogP contribution in [-0.4, -0.2) is 72.7 Å². The number of carbonyl (C=O) groups excluding carboxylic acids is 1. The van der Waals surface area contributed by atoms with Crippen LogP contribution in [0.3, 0.4) is 0 Å². The average molecular weight is 279 g/mol. The molecular weight excluding hydrogens is 258 g/mol. The number of aliphatic hydroxyl groups is 1. The van der Waals surface area contributed by atoms with Crippen LogP contribution in [-0.2, 0) is 0 Å². The Hall–Kier alpha value is -1.66. The number of pyridine rings is 1. The predicted molar refractivity (Wildman–Crippen MR) is 74.7 cm³/mol. The van der Waals surface area contributed by atoms with Crippen molar-refractivity contribution in [3.63, 3.8) is 0 Å². The van der Waals surface area contributed by atoms with Gasteiger partial charge < -0.3 is 19.6 Å². The summed E-state index contributed by atoms with van der Waals surface area (Å²) in [5.41, 5.74) is 0.543. The maximum atomic E-state index is 12.4. The zero-order valence-electron chi connectivity index (χ0n) is 12.1. The highest BCUT2D eigenvalue weighted by molar-refractivity contribution is 5.94. The largest absolute Gasteiger partial charge is 0.481 e. The number of likely N-dealkylation sites (tertiary alicyclic amines) is 1. The molecule has 0 unspecified atom stereocenters. The van der Waals surface area contributed by atoms with E-state index in [9.17, 15) is 9.90 Å². The molecule has 0 spiro atoms. The standard InChI is InChI=1S/C14H21N3O3/c1-16(2)12-8-17(7-11(12)9-18)14(19)10-4-5-13(20-3)15-6-10/h4-6,11-12,18H,7-9H2,1-3H3/t11-,12+/m0/s1. The molecule has 1 N–H and O–H groups in total. The van der Waals surface area contributed by atoms with Crippen molar-refractivity contribution in [1.82, 2.24) is 14.8 Å². The van der Waals surface area contributed by atoms with Gasteiger partial charge in [0.1, 0.15) is 0 Å². The summed E-state index contributed by atoms with van der Waals surface area (Å²) in [4.78, 5) is 20.3. The van der Waals surface area contributed by atoms with Gasteiger partial charge in [0.05, 0.1) is 12.7 Å². The van der Waals surface area contributed by atoms with E-state index in [0.29, 0.717) is 24.5 Å². The summed E-state index contributed by atoms with van der Waals surface area (Å²) in [7, 11) is 5.48. The molecule has 6 heteroatoms. The SMILES string of the molecule is COc1ccc(C(=O)N2C[C@@H](CO)[C@H](N(C)C)C2)cn1. The Labute approximate surface area is 119 Å². The monoisotopic (exact) mass is 279 g/mol. The summed E-state index contributed by atoms with van der Waals surface area (Å²) in [5, 5.41) is 9.43. The molecule has 0 bridgehead atoms. The molecular formula is C14H21N3O3. The maximum Gasteiger partial charge on any atom is 0.255 e. The Morgan fingerprint density at radius 2 is 2.25 bits per heavy atom. The minimum atomic E-state index is -0.0528. The van der Waals surface area contributed by atoms with Crippen LogP contribution < -0.4 is 4.74 Å². The van der Waals surface area contributed by atoms with Crippen LogP contribution in [0, 0.1) is 5.92 Å². The molecule has 0 aliphatic carbocycles. The second kappa shape index (κ2) is 6.19. The fourth-order valence-electron chi connectivity index (χ4n) is 2.59. The van der Waals surface area contributed by atoms with Crippen molar-refractivity contribution >= 4 is 5.91 Å². The Morgan fingerprint density at radius 1 is 1.50 bits per heavy atom. The zero-order valence-corrected chi connectivity index (χ0v) is 12.1. The van der Waals surface area contributed by atoms with Gasteiger partial charge in [0.25, 0.3) is 5.91 Å². The molecule has 1 amide bonds. The molecule has 1 aromatic heterocycles. The first-order valence-electron chi connectivity index (χ1n) is 6.63. The van der Waals surface area contributed by atoms with Gasteiger partial charge in [0.15, 0.2) is 0 Å². The molecule has 1 aliphatic heterocycles. The Bertz CT molecular complexity index is 461. The van der Waals surface area contributed by atoms with Crippen molar-refractivity contribution in [2.45, 2.75) is 6.04 Å². The first kappa shape index (κ1) is 14.7. The Balaban J connectivity index is 2.09. The van der Waals surface area contributed by atoms with E-state index in [1.807, 2.05) is 14.1 Å². The lowest BCUT2D eigenvalue weighted by Gasteiger charge is -2.23. The lowest BCUT2D eigenvalue weighted by Crippen LogP contribution is -2.37. The molecule has 0 radical (unpaired) electrons. The van der Waals surface area contributed by atoms with Crippen molar-refractivity contribution in [2.24, 2.45) is 5.92 Å². The quantitative estimate of drug-likeness (QED) is 0.846. The first-order chi connectivity index (χ1) is 9.56. The van der Waals surface area contributed by atoms with Crippen LogP contribution in [0.25, 0.3) is 0 Å². The molecule has 2 atom stereocenters. The summed E-state index contributed by atoms with van der Waals surface area (Å²) in [6.07, 6.45) is 1.53. The molecule has 1 aliphatic rings. The fourth-order valence-corrected chi connectivity index (χ4v) is 2.59. The minimum Gasteiger partial charge on any atom is -0.481 e. The number of hydrogen-bond donors (Lipinski definition) is 1. The smallest absolute Gasteiger partial charge is 0.255 e. The van der Waals surface area contributed by atoms with Crippen LogP contribution in [0.15, 0.2) is 18.3 Å². The van der Waals surface area contributed by atoms with Gasteiger partial charge in [-0.2, -0.15) is 0 Å². The second-order valence-electron chi connectivity index (χ2n) is 5.27. The molecule has 6 nitrogen and oxygen atoms in total. The molecule has 0 aromatic carbocycles. The number of aliphatic hydroxyl groups excluding tert-OH is 1. The maximum absolute atomic E-state index is 12.4. The number of ether oxygens (including phenoxy) is 1. The number of likely N-dealkylation sites (N-methyl/N-ethyl adjacent to an activating group) is 1. The zero-order chi connectivity index (χ0) is 14.7. The summed E-state index contributed by atoms with van der Waals surface area (Å²) >= 11 is 0. The third-order valence-electron chi connectivity index (χ3n) is 3.78. The van der Waals surface area contributed by atoms with Crippen molar-refractivity contribution < 1.29 is 14.6 Å². The van der Waals surface area contributed by atoms with Gasteiger partial charge >= 0.3 is 0 Å². The summed E-state index contributed by atoms with van der Waals surface area (Å²) < 4.78 is 4.98. The van der Waals surface area contributed by atoms with Gasteiger partial charge in [-0.15, -0.1) is 0 Å². The van der Waals surface area contributed by atoms with Crippen molar-refractivity contribution in [1.29, 1.82) is 0 Å². The number of methoxy groups -OCH3 is 1. The van der Waals surface area contributed by atoms with E-state index in [1.165, 1.54) is 13.3 Å². The highest BCUT2D eigenvalue weighted by Gasteiger charge is 2.36. The van der Waals surface area contributed by atoms with E-state index >= 15 is 0 Å². The molecule has 2 rings (SSSR count). The number of carbonyl (C=O) groups is 1. The van der Waals surface area contributed by atoms with Crippen molar-refractivity contribution in [3.8, 4) is 5.88 Å². The topological polar surface area (TPSA) is 65.9 Å². The van der Waals surface area contributed by atoms with Gasteiger partial charge in [-0.1, -0.05) is 0 Å². The summed E-state index contributed by atoms with van der Waals surface area (Å²) in [5.74, 6) is 0.533. The average Bonchev–Trinajstić information content (AvgIpc) is 2.91. The predicted octanol–water partition coefficient (Wildman–Crippen LogP) is 0.0847. The Morgan fingerprint density at radius 3 is 2.70 bits per heavy atom. The third kappa shape index (κ3) is 2.91.